The number of amides is 1. The van der Waals surface area contributed by atoms with Gasteiger partial charge in [0.2, 0.25) is 5.91 Å². The van der Waals surface area contributed by atoms with Gasteiger partial charge < -0.3 is 10.2 Å². The summed E-state index contributed by atoms with van der Waals surface area (Å²) in [6.45, 7) is 6.75. The van der Waals surface area contributed by atoms with Crippen LogP contribution in [0.4, 0.5) is 5.82 Å². The first-order valence-corrected chi connectivity index (χ1v) is 6.98. The van der Waals surface area contributed by atoms with Crippen molar-refractivity contribution in [3.8, 4) is 0 Å². The van der Waals surface area contributed by atoms with E-state index in [-0.39, 0.29) is 11.3 Å². The van der Waals surface area contributed by atoms with E-state index in [2.05, 4.69) is 52.0 Å². The molecule has 0 saturated carbocycles. The summed E-state index contributed by atoms with van der Waals surface area (Å²) in [4.78, 5) is 21.9. The number of rotatable bonds is 4. The largest absolute Gasteiger partial charge is 0.369 e. The first-order chi connectivity index (χ1) is 8.70. The van der Waals surface area contributed by atoms with Gasteiger partial charge in [0, 0.05) is 38.5 Å². The third-order valence-electron chi connectivity index (χ3n) is 2.51. The molecular weight excluding hydrogens is 308 g/mol. The number of halogens is 1. The molecule has 0 fully saturated rings. The summed E-state index contributed by atoms with van der Waals surface area (Å²) >= 11 is 3.38. The van der Waals surface area contributed by atoms with E-state index in [0.29, 0.717) is 13.0 Å². The molecule has 106 valence electrons. The Kier molecular flexibility index (Phi) is 5.29. The summed E-state index contributed by atoms with van der Waals surface area (Å²) in [5.41, 5.74) is -0.111. The Morgan fingerprint density at radius 1 is 1.37 bits per heavy atom. The summed E-state index contributed by atoms with van der Waals surface area (Å²) in [7, 11) is 3.50. The second kappa shape index (κ2) is 6.32. The maximum absolute atomic E-state index is 11.5. The Morgan fingerprint density at radius 3 is 2.53 bits per heavy atom. The van der Waals surface area contributed by atoms with Crippen molar-refractivity contribution in [2.24, 2.45) is 0 Å². The quantitative estimate of drug-likeness (QED) is 0.862. The zero-order valence-corrected chi connectivity index (χ0v) is 13.7. The summed E-state index contributed by atoms with van der Waals surface area (Å²) < 4.78 is 0.744. The van der Waals surface area contributed by atoms with Crippen molar-refractivity contribution in [2.45, 2.75) is 32.6 Å². The molecule has 19 heavy (non-hydrogen) atoms. The lowest BCUT2D eigenvalue weighted by atomic mass is 9.96. The van der Waals surface area contributed by atoms with Gasteiger partial charge in [-0.1, -0.05) is 20.8 Å². The number of aromatic nitrogens is 2. The molecule has 0 unspecified atom stereocenters. The van der Waals surface area contributed by atoms with Crippen LogP contribution in [0.2, 0.25) is 0 Å². The van der Waals surface area contributed by atoms with Gasteiger partial charge >= 0.3 is 0 Å². The second-order valence-corrected chi connectivity index (χ2v) is 6.43. The summed E-state index contributed by atoms with van der Waals surface area (Å²) in [5, 5.41) is 3.16. The normalized spacial score (nSPS) is 11.3. The van der Waals surface area contributed by atoms with Crippen LogP contribution in [-0.2, 0) is 10.2 Å². The molecule has 0 aromatic carbocycles. The minimum atomic E-state index is -0.111. The van der Waals surface area contributed by atoms with Crippen LogP contribution in [0.25, 0.3) is 0 Å². The van der Waals surface area contributed by atoms with E-state index in [4.69, 9.17) is 0 Å². The highest BCUT2D eigenvalue weighted by atomic mass is 79.9. The van der Waals surface area contributed by atoms with Gasteiger partial charge in [-0.2, -0.15) is 0 Å². The third kappa shape index (κ3) is 5.14. The molecule has 0 aliphatic rings. The average molecular weight is 329 g/mol. The molecule has 1 heterocycles. The van der Waals surface area contributed by atoms with Gasteiger partial charge in [-0.25, -0.2) is 9.97 Å². The Morgan fingerprint density at radius 2 is 2.00 bits per heavy atom. The van der Waals surface area contributed by atoms with Crippen molar-refractivity contribution < 1.29 is 4.79 Å². The van der Waals surface area contributed by atoms with Crippen LogP contribution in [0, 0.1) is 0 Å². The van der Waals surface area contributed by atoms with Crippen LogP contribution < -0.4 is 5.32 Å². The lowest BCUT2D eigenvalue weighted by molar-refractivity contribution is -0.128. The molecule has 1 aromatic rings. The Balaban J connectivity index is 2.69. The number of nitrogens with zero attached hydrogens (tertiary/aromatic N) is 3. The highest BCUT2D eigenvalue weighted by Gasteiger charge is 2.18. The lowest BCUT2D eigenvalue weighted by Gasteiger charge is -2.18. The van der Waals surface area contributed by atoms with Gasteiger partial charge in [0.05, 0.1) is 0 Å². The SMILES string of the molecule is CN(C)C(=O)CCNc1cc(Br)nc(C(C)(C)C)n1. The molecule has 0 radical (unpaired) electrons. The lowest BCUT2D eigenvalue weighted by Crippen LogP contribution is -2.24. The van der Waals surface area contributed by atoms with E-state index in [1.807, 2.05) is 6.07 Å². The predicted molar refractivity (Wildman–Crippen MR) is 80.2 cm³/mol. The van der Waals surface area contributed by atoms with Crippen LogP contribution in [0.5, 0.6) is 0 Å². The maximum atomic E-state index is 11.5. The topological polar surface area (TPSA) is 58.1 Å². The third-order valence-corrected chi connectivity index (χ3v) is 2.92. The fourth-order valence-corrected chi connectivity index (χ4v) is 1.75. The number of anilines is 1. The minimum Gasteiger partial charge on any atom is -0.369 e. The Hall–Kier alpha value is -1.17. The van der Waals surface area contributed by atoms with E-state index >= 15 is 0 Å². The van der Waals surface area contributed by atoms with E-state index in [1.165, 1.54) is 0 Å². The standard InChI is InChI=1S/C13H21BrN4O/c1-13(2,3)12-16-9(14)8-10(17-12)15-7-6-11(19)18(4)5/h8H,6-7H2,1-5H3,(H,15,16,17). The molecule has 0 saturated heterocycles. The van der Waals surface area contributed by atoms with Crippen molar-refractivity contribution in [3.05, 3.63) is 16.5 Å². The van der Waals surface area contributed by atoms with Crippen molar-refractivity contribution >= 4 is 27.7 Å². The van der Waals surface area contributed by atoms with Gasteiger partial charge in [0.1, 0.15) is 16.2 Å². The Bertz CT molecular complexity index is 454. The molecule has 5 nitrogen and oxygen atoms in total. The first-order valence-electron chi connectivity index (χ1n) is 6.19. The monoisotopic (exact) mass is 328 g/mol. The van der Waals surface area contributed by atoms with Gasteiger partial charge in [-0.15, -0.1) is 0 Å². The zero-order chi connectivity index (χ0) is 14.6. The van der Waals surface area contributed by atoms with Crippen molar-refractivity contribution in [2.75, 3.05) is 26.0 Å². The van der Waals surface area contributed by atoms with E-state index in [0.717, 1.165) is 16.2 Å². The first kappa shape index (κ1) is 15.9. The average Bonchev–Trinajstić information content (AvgIpc) is 2.26. The molecule has 0 aliphatic heterocycles. The summed E-state index contributed by atoms with van der Waals surface area (Å²) in [6, 6.07) is 1.81. The number of carbonyl (C=O) groups excluding carboxylic acids is 1. The molecule has 1 rings (SSSR count). The van der Waals surface area contributed by atoms with Gasteiger partial charge in [0.15, 0.2) is 0 Å². The number of nitrogens with one attached hydrogen (secondary N) is 1. The molecule has 1 N–H and O–H groups in total. The van der Waals surface area contributed by atoms with Crippen LogP contribution >= 0.6 is 15.9 Å². The summed E-state index contributed by atoms with van der Waals surface area (Å²) in [6.07, 6.45) is 0.444. The van der Waals surface area contributed by atoms with E-state index < -0.39 is 0 Å². The molecule has 0 aliphatic carbocycles. The molecule has 6 heteroatoms. The highest BCUT2D eigenvalue weighted by molar-refractivity contribution is 9.10. The Labute approximate surface area is 122 Å². The maximum Gasteiger partial charge on any atom is 0.223 e. The number of hydrogen-bond acceptors (Lipinski definition) is 4. The van der Waals surface area contributed by atoms with Crippen molar-refractivity contribution in [1.82, 2.24) is 14.9 Å². The number of hydrogen-bond donors (Lipinski definition) is 1. The van der Waals surface area contributed by atoms with E-state index in [9.17, 15) is 4.79 Å². The fourth-order valence-electron chi connectivity index (χ4n) is 1.36. The molecule has 0 bridgehead atoms. The zero-order valence-electron chi connectivity index (χ0n) is 12.1. The molecule has 1 amide bonds. The van der Waals surface area contributed by atoms with Crippen LogP contribution in [-0.4, -0.2) is 41.4 Å². The smallest absolute Gasteiger partial charge is 0.223 e. The predicted octanol–water partition coefficient (Wildman–Crippen LogP) is 2.43. The highest BCUT2D eigenvalue weighted by Crippen LogP contribution is 2.22. The molecule has 0 spiro atoms. The van der Waals surface area contributed by atoms with Crippen LogP contribution in [0.15, 0.2) is 10.7 Å². The molecule has 1 aromatic heterocycles. The van der Waals surface area contributed by atoms with Crippen LogP contribution in [0.3, 0.4) is 0 Å². The van der Waals surface area contributed by atoms with E-state index in [1.54, 1.807) is 19.0 Å². The fraction of sp³-hybridized carbons (Fsp3) is 0.615. The minimum absolute atomic E-state index is 0.0941. The van der Waals surface area contributed by atoms with Crippen LogP contribution in [0.1, 0.15) is 33.0 Å². The number of carbonyl (C=O) groups is 1. The summed E-state index contributed by atoms with van der Waals surface area (Å²) in [5.74, 6) is 1.60. The second-order valence-electron chi connectivity index (χ2n) is 5.61. The van der Waals surface area contributed by atoms with Crippen molar-refractivity contribution in [3.63, 3.8) is 0 Å². The van der Waals surface area contributed by atoms with Crippen molar-refractivity contribution in [1.29, 1.82) is 0 Å². The van der Waals surface area contributed by atoms with Gasteiger partial charge in [-0.3, -0.25) is 4.79 Å². The molecule has 0 atom stereocenters. The van der Waals surface area contributed by atoms with Gasteiger partial charge in [-0.05, 0) is 15.9 Å². The molecular formula is C13H21BrN4O. The van der Waals surface area contributed by atoms with Gasteiger partial charge in [0.25, 0.3) is 0 Å².